The average Bonchev–Trinajstić information content (AvgIpc) is 2.25. The fraction of sp³-hybridized carbons (Fsp3) is 0.455. The summed E-state index contributed by atoms with van der Waals surface area (Å²) in [5.41, 5.74) is 15.9. The largest absolute Gasteiger partial charge is 0.397 e. The molecule has 0 radical (unpaired) electrons. The fourth-order valence-electron chi connectivity index (χ4n) is 1.36. The Morgan fingerprint density at radius 2 is 2.24 bits per heavy atom. The topological polar surface area (TPSA) is 110 Å². The number of allylic oxidation sites excluding steroid dienone is 2. The van der Waals surface area contributed by atoms with Gasteiger partial charge in [0.2, 0.25) is 0 Å². The number of hydrogen-bond acceptors (Lipinski definition) is 6. The van der Waals surface area contributed by atoms with Crippen LogP contribution in [0.3, 0.4) is 0 Å². The molecule has 0 aromatic heterocycles. The maximum absolute atomic E-state index is 7.72. The quantitative estimate of drug-likeness (QED) is 0.389. The molecular weight excluding hydrogens is 218 g/mol. The number of hydrogen-bond donors (Lipinski definition) is 4. The lowest BCUT2D eigenvalue weighted by Gasteiger charge is -2.14. The van der Waals surface area contributed by atoms with Gasteiger partial charge in [0, 0.05) is 13.1 Å². The van der Waals surface area contributed by atoms with Crippen molar-refractivity contribution in [1.82, 2.24) is 5.43 Å². The summed E-state index contributed by atoms with van der Waals surface area (Å²) in [5.74, 6) is 0. The Balaban J connectivity index is 2.68. The monoisotopic (exact) mass is 237 g/mol. The fourth-order valence-corrected chi connectivity index (χ4v) is 1.36. The molecule has 1 aliphatic rings. The van der Waals surface area contributed by atoms with Crippen LogP contribution in [0.15, 0.2) is 28.5 Å². The van der Waals surface area contributed by atoms with Gasteiger partial charge in [-0.3, -0.25) is 5.41 Å². The zero-order valence-corrected chi connectivity index (χ0v) is 10.2. The van der Waals surface area contributed by atoms with Crippen LogP contribution in [-0.2, 0) is 4.74 Å². The predicted molar refractivity (Wildman–Crippen MR) is 69.0 cm³/mol. The molecule has 0 heterocycles. The Hall–Kier alpha value is -1.66. The Morgan fingerprint density at radius 3 is 2.82 bits per heavy atom. The summed E-state index contributed by atoms with van der Waals surface area (Å²) >= 11 is 0. The normalized spacial score (nSPS) is 19.9. The highest BCUT2D eigenvalue weighted by molar-refractivity contribution is 6.51. The van der Waals surface area contributed by atoms with E-state index in [2.05, 4.69) is 10.5 Å². The smallest absolute Gasteiger partial charge is 0.110 e. The second-order valence-electron chi connectivity index (χ2n) is 3.91. The van der Waals surface area contributed by atoms with E-state index in [-0.39, 0.29) is 11.8 Å². The number of nitrogens with two attached hydrogens (primary N) is 2. The Morgan fingerprint density at radius 1 is 1.53 bits per heavy atom. The second kappa shape index (κ2) is 6.17. The molecule has 0 unspecified atom stereocenters. The van der Waals surface area contributed by atoms with Crippen molar-refractivity contribution in [2.45, 2.75) is 13.0 Å². The lowest BCUT2D eigenvalue weighted by molar-refractivity contribution is 0.147. The summed E-state index contributed by atoms with van der Waals surface area (Å²) in [5, 5.41) is 11.7. The van der Waals surface area contributed by atoms with E-state index in [1.165, 1.54) is 0 Å². The minimum atomic E-state index is 0.00395. The third-order valence-electron chi connectivity index (χ3n) is 2.09. The number of ether oxygens (including phenoxy) is 1. The first-order chi connectivity index (χ1) is 8.04. The van der Waals surface area contributed by atoms with Gasteiger partial charge in [0.05, 0.1) is 18.9 Å². The van der Waals surface area contributed by atoms with Crippen LogP contribution < -0.4 is 16.9 Å². The van der Waals surface area contributed by atoms with Crippen LogP contribution in [0.25, 0.3) is 0 Å². The lowest BCUT2D eigenvalue weighted by atomic mass is 10.0. The second-order valence-corrected chi connectivity index (χ2v) is 3.91. The molecule has 0 saturated carbocycles. The van der Waals surface area contributed by atoms with E-state index >= 15 is 0 Å². The molecule has 6 N–H and O–H groups in total. The summed E-state index contributed by atoms with van der Waals surface area (Å²) in [6, 6.07) is 0.00395. The van der Waals surface area contributed by atoms with E-state index in [0.717, 1.165) is 5.57 Å². The zero-order chi connectivity index (χ0) is 12.8. The van der Waals surface area contributed by atoms with Gasteiger partial charge in [0.25, 0.3) is 0 Å². The summed E-state index contributed by atoms with van der Waals surface area (Å²) in [6.07, 6.45) is 3.49. The molecular formula is C11H19N5O. The van der Waals surface area contributed by atoms with Gasteiger partial charge in [-0.05, 0) is 24.6 Å². The van der Waals surface area contributed by atoms with Gasteiger partial charge < -0.3 is 21.6 Å². The molecule has 1 atom stereocenters. The SMILES string of the molecule is CN/N=C1/C=C(COC[C@@H](C)N)C=C(N)C1=N. The van der Waals surface area contributed by atoms with Crippen molar-refractivity contribution in [3.05, 3.63) is 23.4 Å². The number of nitrogens with zero attached hydrogens (tertiary/aromatic N) is 1. The molecule has 94 valence electrons. The van der Waals surface area contributed by atoms with Crippen LogP contribution in [0.4, 0.5) is 0 Å². The van der Waals surface area contributed by atoms with Gasteiger partial charge in [-0.15, -0.1) is 0 Å². The van der Waals surface area contributed by atoms with Crippen LogP contribution >= 0.6 is 0 Å². The molecule has 6 nitrogen and oxygen atoms in total. The molecule has 0 saturated heterocycles. The van der Waals surface area contributed by atoms with Crippen LogP contribution in [-0.4, -0.2) is 37.7 Å². The number of hydrazone groups is 1. The summed E-state index contributed by atoms with van der Waals surface area (Å²) in [7, 11) is 1.68. The minimum absolute atomic E-state index is 0.00395. The molecule has 1 aliphatic carbocycles. The van der Waals surface area contributed by atoms with Crippen LogP contribution in [0.2, 0.25) is 0 Å². The molecule has 0 bridgehead atoms. The van der Waals surface area contributed by atoms with Crippen molar-refractivity contribution >= 4 is 11.4 Å². The van der Waals surface area contributed by atoms with E-state index in [1.807, 2.05) is 6.92 Å². The molecule has 0 fully saturated rings. The van der Waals surface area contributed by atoms with Gasteiger partial charge >= 0.3 is 0 Å². The molecule has 0 aliphatic heterocycles. The Bertz CT molecular complexity index is 381. The van der Waals surface area contributed by atoms with Gasteiger partial charge in [0.1, 0.15) is 11.4 Å². The van der Waals surface area contributed by atoms with Crippen molar-refractivity contribution in [3.8, 4) is 0 Å². The average molecular weight is 237 g/mol. The Kier molecular flexibility index (Phi) is 4.86. The molecule has 6 heteroatoms. The van der Waals surface area contributed by atoms with E-state index in [4.69, 9.17) is 21.6 Å². The molecule has 0 amide bonds. The first kappa shape index (κ1) is 13.4. The van der Waals surface area contributed by atoms with Crippen molar-refractivity contribution in [3.63, 3.8) is 0 Å². The van der Waals surface area contributed by atoms with Crippen molar-refractivity contribution in [2.24, 2.45) is 16.6 Å². The van der Waals surface area contributed by atoms with Crippen LogP contribution in [0.1, 0.15) is 6.92 Å². The maximum atomic E-state index is 7.72. The highest BCUT2D eigenvalue weighted by Crippen LogP contribution is 2.10. The third-order valence-corrected chi connectivity index (χ3v) is 2.09. The molecule has 0 aromatic carbocycles. The molecule has 0 aromatic rings. The zero-order valence-electron chi connectivity index (χ0n) is 10.2. The van der Waals surface area contributed by atoms with E-state index in [0.29, 0.717) is 24.6 Å². The predicted octanol–water partition coefficient (Wildman–Crippen LogP) is -0.272. The highest BCUT2D eigenvalue weighted by Gasteiger charge is 2.15. The first-order valence-electron chi connectivity index (χ1n) is 5.39. The van der Waals surface area contributed by atoms with Gasteiger partial charge in [0.15, 0.2) is 0 Å². The van der Waals surface area contributed by atoms with Crippen LogP contribution in [0, 0.1) is 5.41 Å². The maximum Gasteiger partial charge on any atom is 0.110 e. The number of rotatable bonds is 5. The third kappa shape index (κ3) is 4.01. The lowest BCUT2D eigenvalue weighted by Crippen LogP contribution is -2.26. The van der Waals surface area contributed by atoms with Crippen LogP contribution in [0.5, 0.6) is 0 Å². The van der Waals surface area contributed by atoms with E-state index in [1.54, 1.807) is 19.2 Å². The van der Waals surface area contributed by atoms with E-state index in [9.17, 15) is 0 Å². The summed E-state index contributed by atoms with van der Waals surface area (Å²) in [6.45, 7) is 2.78. The standard InChI is InChI=1S/C11H19N5O/c1-7(12)5-17-6-8-3-9(13)11(14)10(4-8)16-15-2/h3-4,7,14-15H,5-6,12-13H2,1-2H3/b14-11?,16-10-/t7-/m1/s1. The molecule has 1 rings (SSSR count). The van der Waals surface area contributed by atoms with Crippen molar-refractivity contribution in [1.29, 1.82) is 5.41 Å². The van der Waals surface area contributed by atoms with Gasteiger partial charge in [-0.25, -0.2) is 0 Å². The Labute approximate surface area is 101 Å². The minimum Gasteiger partial charge on any atom is -0.397 e. The van der Waals surface area contributed by atoms with Crippen molar-refractivity contribution < 1.29 is 4.74 Å². The van der Waals surface area contributed by atoms with Gasteiger partial charge in [-0.1, -0.05) is 0 Å². The van der Waals surface area contributed by atoms with Gasteiger partial charge in [-0.2, -0.15) is 5.10 Å². The summed E-state index contributed by atoms with van der Waals surface area (Å²) in [4.78, 5) is 0. The number of nitrogens with one attached hydrogen (secondary N) is 2. The first-order valence-corrected chi connectivity index (χ1v) is 5.39. The summed E-state index contributed by atoms with van der Waals surface area (Å²) < 4.78 is 5.41. The molecule has 0 spiro atoms. The highest BCUT2D eigenvalue weighted by atomic mass is 16.5. The van der Waals surface area contributed by atoms with Crippen molar-refractivity contribution in [2.75, 3.05) is 20.3 Å². The molecule has 17 heavy (non-hydrogen) atoms. The van der Waals surface area contributed by atoms with E-state index < -0.39 is 0 Å².